The van der Waals surface area contributed by atoms with Crippen molar-refractivity contribution in [1.29, 1.82) is 0 Å². The van der Waals surface area contributed by atoms with Gasteiger partial charge in [-0.3, -0.25) is 4.74 Å². The van der Waals surface area contributed by atoms with Crippen LogP contribution in [0.5, 0.6) is 0 Å². The van der Waals surface area contributed by atoms with E-state index in [0.717, 1.165) is 0 Å². The quantitative estimate of drug-likeness (QED) is 0.563. The zero-order valence-corrected chi connectivity index (χ0v) is 5.67. The first-order valence-corrected chi connectivity index (χ1v) is 3.44. The number of aliphatic hydroxyl groups excluding tert-OH is 1. The monoisotopic (exact) mass is 166 g/mol. The maximum atomic E-state index is 12.4. The topological polar surface area (TPSA) is 38.7 Å². The van der Waals surface area contributed by atoms with Crippen molar-refractivity contribution in [3.63, 3.8) is 0 Å². The van der Waals surface area contributed by atoms with E-state index in [9.17, 15) is 8.78 Å². The van der Waals surface area contributed by atoms with Crippen LogP contribution in [0.25, 0.3) is 0 Å². The molecule has 2 heterocycles. The van der Waals surface area contributed by atoms with Crippen molar-refractivity contribution in [1.82, 2.24) is 0 Å². The lowest BCUT2D eigenvalue weighted by Gasteiger charge is -2.09. The molecule has 0 saturated carbocycles. The average molecular weight is 166 g/mol. The molecule has 0 aromatic carbocycles. The van der Waals surface area contributed by atoms with Gasteiger partial charge in [0.15, 0.2) is 6.29 Å². The summed E-state index contributed by atoms with van der Waals surface area (Å²) in [5.74, 6) is -0.551. The highest BCUT2D eigenvalue weighted by atomic mass is 19.3. The first kappa shape index (κ1) is 7.39. The molecule has 2 aliphatic rings. The Morgan fingerprint density at radius 1 is 1.45 bits per heavy atom. The molecule has 1 unspecified atom stereocenters. The molecule has 0 radical (unpaired) electrons. The lowest BCUT2D eigenvalue weighted by molar-refractivity contribution is -0.270. The minimum Gasteiger partial charge on any atom is -0.390 e. The number of ether oxygens (including phenoxy) is 2. The Labute approximate surface area is 61.9 Å². The van der Waals surface area contributed by atoms with Gasteiger partial charge in [0.05, 0.1) is 12.7 Å². The summed E-state index contributed by atoms with van der Waals surface area (Å²) in [5.41, 5.74) is 0. The molecular weight excluding hydrogens is 158 g/mol. The highest BCUT2D eigenvalue weighted by molar-refractivity contribution is 4.86. The van der Waals surface area contributed by atoms with Gasteiger partial charge in [-0.15, -0.1) is 0 Å². The Hall–Kier alpha value is -0.260. The zero-order valence-electron chi connectivity index (χ0n) is 5.67. The van der Waals surface area contributed by atoms with Crippen molar-refractivity contribution in [3.8, 4) is 0 Å². The number of halogens is 2. The normalized spacial score (nSPS) is 47.7. The Balaban J connectivity index is 2.10. The van der Waals surface area contributed by atoms with Gasteiger partial charge in [-0.05, 0) is 0 Å². The van der Waals surface area contributed by atoms with Crippen LogP contribution in [0.2, 0.25) is 0 Å². The summed E-state index contributed by atoms with van der Waals surface area (Å²) >= 11 is 0. The van der Waals surface area contributed by atoms with Crippen LogP contribution < -0.4 is 0 Å². The molecule has 0 bridgehead atoms. The molecular formula is C6H8F2O3. The Kier molecular flexibility index (Phi) is 1.42. The fraction of sp³-hybridized carbons (Fsp3) is 1.00. The lowest BCUT2D eigenvalue weighted by Crippen LogP contribution is -2.20. The second kappa shape index (κ2) is 2.12. The first-order valence-electron chi connectivity index (χ1n) is 3.44. The molecule has 2 fully saturated rings. The van der Waals surface area contributed by atoms with Crippen molar-refractivity contribution in [2.24, 2.45) is 5.92 Å². The van der Waals surface area contributed by atoms with Gasteiger partial charge in [0, 0.05) is 12.3 Å². The summed E-state index contributed by atoms with van der Waals surface area (Å²) in [6.45, 7) is 0.103. The molecule has 0 spiro atoms. The van der Waals surface area contributed by atoms with Gasteiger partial charge in [-0.25, -0.2) is 0 Å². The smallest absolute Gasteiger partial charge is 0.358 e. The predicted molar refractivity (Wildman–Crippen MR) is 29.9 cm³/mol. The van der Waals surface area contributed by atoms with Crippen molar-refractivity contribution < 1.29 is 23.4 Å². The van der Waals surface area contributed by atoms with Crippen LogP contribution in [0.1, 0.15) is 6.42 Å². The van der Waals surface area contributed by atoms with Gasteiger partial charge in [0.1, 0.15) is 0 Å². The molecule has 64 valence electrons. The average Bonchev–Trinajstić information content (AvgIpc) is 2.31. The number of rotatable bonds is 0. The number of hydrogen-bond donors (Lipinski definition) is 1. The number of alkyl halides is 2. The van der Waals surface area contributed by atoms with Crippen LogP contribution in [-0.4, -0.2) is 30.2 Å². The molecule has 11 heavy (non-hydrogen) atoms. The maximum Gasteiger partial charge on any atom is 0.358 e. The summed E-state index contributed by atoms with van der Waals surface area (Å²) in [4.78, 5) is 0. The van der Waals surface area contributed by atoms with Gasteiger partial charge >= 0.3 is 6.11 Å². The standard InChI is InChI=1S/C6H8F2O3/c7-6(8)1-3-4(9)2-10-5(3)11-6/h3-5,9H,1-2H2/t3?,4-,5+/m0/s1. The second-order valence-corrected chi connectivity index (χ2v) is 2.89. The van der Waals surface area contributed by atoms with E-state index in [2.05, 4.69) is 4.74 Å². The van der Waals surface area contributed by atoms with E-state index in [0.29, 0.717) is 0 Å². The zero-order chi connectivity index (χ0) is 8.06. The van der Waals surface area contributed by atoms with E-state index in [4.69, 9.17) is 9.84 Å². The highest BCUT2D eigenvalue weighted by Gasteiger charge is 2.54. The van der Waals surface area contributed by atoms with Crippen molar-refractivity contribution in [3.05, 3.63) is 0 Å². The maximum absolute atomic E-state index is 12.4. The van der Waals surface area contributed by atoms with Crippen LogP contribution >= 0.6 is 0 Å². The molecule has 2 rings (SSSR count). The third kappa shape index (κ3) is 1.13. The third-order valence-electron chi connectivity index (χ3n) is 2.04. The summed E-state index contributed by atoms with van der Waals surface area (Å²) in [6, 6.07) is 0. The fourth-order valence-corrected chi connectivity index (χ4v) is 1.47. The third-order valence-corrected chi connectivity index (χ3v) is 2.04. The molecule has 5 heteroatoms. The SMILES string of the molecule is O[C@H]1CO[C@@H]2OC(F)(F)CC21. The van der Waals surface area contributed by atoms with E-state index in [1.54, 1.807) is 0 Å². The summed E-state index contributed by atoms with van der Waals surface area (Å²) in [7, 11) is 0. The number of fused-ring (bicyclic) bond motifs is 1. The molecule has 2 aliphatic heterocycles. The lowest BCUT2D eigenvalue weighted by atomic mass is 10.0. The summed E-state index contributed by atoms with van der Waals surface area (Å²) < 4.78 is 33.9. The molecule has 2 saturated heterocycles. The van der Waals surface area contributed by atoms with E-state index in [1.807, 2.05) is 0 Å². The van der Waals surface area contributed by atoms with E-state index >= 15 is 0 Å². The number of aliphatic hydroxyl groups is 1. The summed E-state index contributed by atoms with van der Waals surface area (Å²) in [5, 5.41) is 9.09. The molecule has 1 N–H and O–H groups in total. The van der Waals surface area contributed by atoms with Gasteiger partial charge in [0.2, 0.25) is 0 Å². The second-order valence-electron chi connectivity index (χ2n) is 2.89. The summed E-state index contributed by atoms with van der Waals surface area (Å²) in [6.07, 6.45) is -5.25. The molecule has 0 aromatic rings. The number of hydrogen-bond acceptors (Lipinski definition) is 3. The molecule has 0 amide bonds. The van der Waals surface area contributed by atoms with Crippen LogP contribution in [-0.2, 0) is 9.47 Å². The van der Waals surface area contributed by atoms with Gasteiger partial charge in [0.25, 0.3) is 0 Å². The minimum atomic E-state index is -3.11. The van der Waals surface area contributed by atoms with E-state index in [1.165, 1.54) is 0 Å². The van der Waals surface area contributed by atoms with E-state index in [-0.39, 0.29) is 6.61 Å². The highest BCUT2D eigenvalue weighted by Crippen LogP contribution is 2.42. The fourth-order valence-electron chi connectivity index (χ4n) is 1.47. The van der Waals surface area contributed by atoms with Crippen LogP contribution in [0.3, 0.4) is 0 Å². The predicted octanol–water partition coefficient (Wildman–Crippen LogP) is 0.333. The van der Waals surface area contributed by atoms with Crippen LogP contribution in [0.15, 0.2) is 0 Å². The van der Waals surface area contributed by atoms with Crippen molar-refractivity contribution in [2.75, 3.05) is 6.61 Å². The molecule has 0 aromatic heterocycles. The Bertz CT molecular complexity index is 173. The van der Waals surface area contributed by atoms with Crippen LogP contribution in [0.4, 0.5) is 8.78 Å². The van der Waals surface area contributed by atoms with Crippen molar-refractivity contribution >= 4 is 0 Å². The van der Waals surface area contributed by atoms with Crippen molar-refractivity contribution in [2.45, 2.75) is 24.9 Å². The molecule has 3 nitrogen and oxygen atoms in total. The Morgan fingerprint density at radius 3 is 2.82 bits per heavy atom. The molecule has 3 atom stereocenters. The first-order chi connectivity index (χ1) is 5.08. The van der Waals surface area contributed by atoms with Gasteiger partial charge in [-0.1, -0.05) is 0 Å². The van der Waals surface area contributed by atoms with Gasteiger partial charge < -0.3 is 9.84 Å². The Morgan fingerprint density at radius 2 is 2.18 bits per heavy atom. The largest absolute Gasteiger partial charge is 0.390 e. The van der Waals surface area contributed by atoms with Crippen LogP contribution in [0, 0.1) is 5.92 Å². The van der Waals surface area contributed by atoms with Gasteiger partial charge in [-0.2, -0.15) is 8.78 Å². The van der Waals surface area contributed by atoms with E-state index < -0.39 is 30.8 Å². The minimum absolute atomic E-state index is 0.103. The molecule has 0 aliphatic carbocycles.